The molecule has 1 aliphatic heterocycles. The lowest BCUT2D eigenvalue weighted by molar-refractivity contribution is -0.187. The van der Waals surface area contributed by atoms with E-state index in [1.807, 2.05) is 6.07 Å². The lowest BCUT2D eigenvalue weighted by atomic mass is 9.94. The molecule has 5 amide bonds. The Hall–Kier alpha value is -4.74. The number of nitrogens with one attached hydrogen (secondary N) is 2. The molecule has 2 aromatic carbocycles. The Labute approximate surface area is 236 Å². The van der Waals surface area contributed by atoms with Gasteiger partial charge in [0.2, 0.25) is 11.5 Å². The maximum atomic E-state index is 14.9. The van der Waals surface area contributed by atoms with Gasteiger partial charge in [-0.05, 0) is 48.7 Å². The Balaban J connectivity index is 1.55. The van der Waals surface area contributed by atoms with Gasteiger partial charge in [-0.25, -0.2) is 23.3 Å². The van der Waals surface area contributed by atoms with Gasteiger partial charge in [0.1, 0.15) is 24.2 Å². The third-order valence-corrected chi connectivity index (χ3v) is 7.04. The number of ether oxygens (including phenoxy) is 1. The van der Waals surface area contributed by atoms with Gasteiger partial charge >= 0.3 is 18.3 Å². The van der Waals surface area contributed by atoms with Crippen molar-refractivity contribution in [2.24, 2.45) is 0 Å². The zero-order valence-electron chi connectivity index (χ0n) is 22.1. The minimum absolute atomic E-state index is 0.0180. The molecule has 4 rings (SSSR count). The van der Waals surface area contributed by atoms with Crippen LogP contribution in [0.5, 0.6) is 0 Å². The number of imide groups is 1. The zero-order chi connectivity index (χ0) is 30.8. The Morgan fingerprint density at radius 1 is 1.19 bits per heavy atom. The molecule has 1 saturated heterocycles. The first-order chi connectivity index (χ1) is 19.8. The van der Waals surface area contributed by atoms with Crippen molar-refractivity contribution in [1.29, 1.82) is 5.26 Å². The molecule has 0 aromatic heterocycles. The Morgan fingerprint density at radius 3 is 2.52 bits per heavy atom. The molecule has 0 radical (unpaired) electrons. The highest BCUT2D eigenvalue weighted by molar-refractivity contribution is 6.06. The van der Waals surface area contributed by atoms with Crippen LogP contribution in [0.2, 0.25) is 0 Å². The average molecular weight is 594 g/mol. The highest BCUT2D eigenvalue weighted by Gasteiger charge is 2.59. The van der Waals surface area contributed by atoms with Crippen LogP contribution in [0.15, 0.2) is 36.4 Å². The fourth-order valence-electron chi connectivity index (χ4n) is 4.78. The van der Waals surface area contributed by atoms with Crippen LogP contribution in [0, 0.1) is 23.0 Å². The molecule has 1 unspecified atom stereocenters. The zero-order valence-corrected chi connectivity index (χ0v) is 22.1. The summed E-state index contributed by atoms with van der Waals surface area (Å²) >= 11 is 0. The van der Waals surface area contributed by atoms with Crippen molar-refractivity contribution in [3.63, 3.8) is 0 Å². The quantitative estimate of drug-likeness (QED) is 0.350. The molecule has 1 aliphatic carbocycles. The number of hydrogen-bond acceptors (Lipinski definition) is 6. The Kier molecular flexibility index (Phi) is 8.37. The molecule has 1 heterocycles. The number of anilines is 1. The summed E-state index contributed by atoms with van der Waals surface area (Å²) in [5.74, 6) is -3.87. The third kappa shape index (κ3) is 5.97. The highest BCUT2D eigenvalue weighted by atomic mass is 19.4. The molecule has 2 aliphatic rings. The van der Waals surface area contributed by atoms with Gasteiger partial charge in [-0.15, -0.1) is 0 Å². The van der Waals surface area contributed by atoms with Crippen molar-refractivity contribution in [3.05, 3.63) is 64.7 Å². The van der Waals surface area contributed by atoms with Crippen molar-refractivity contribution in [3.8, 4) is 6.07 Å². The molecule has 1 spiro atoms. The van der Waals surface area contributed by atoms with Crippen LogP contribution in [0.3, 0.4) is 0 Å². The second kappa shape index (κ2) is 11.6. The van der Waals surface area contributed by atoms with Crippen LogP contribution in [-0.2, 0) is 32.9 Å². The summed E-state index contributed by atoms with van der Waals surface area (Å²) in [5.41, 5.74) is -1.71. The predicted molar refractivity (Wildman–Crippen MR) is 134 cm³/mol. The van der Waals surface area contributed by atoms with Gasteiger partial charge in [-0.3, -0.25) is 9.59 Å². The summed E-state index contributed by atoms with van der Waals surface area (Å²) in [6.07, 6.45) is -6.13. The lowest BCUT2D eigenvalue weighted by Gasteiger charge is -2.31. The van der Waals surface area contributed by atoms with Gasteiger partial charge in [0.25, 0.3) is 5.91 Å². The van der Waals surface area contributed by atoms with Crippen LogP contribution in [-0.4, -0.2) is 59.0 Å². The van der Waals surface area contributed by atoms with E-state index < -0.39 is 66.5 Å². The fraction of sp³-hybridized carbons (Fsp3) is 0.370. The monoisotopic (exact) mass is 593 g/mol. The molecule has 2 aromatic rings. The molecule has 10 nitrogen and oxygen atoms in total. The van der Waals surface area contributed by atoms with E-state index in [2.05, 4.69) is 10.6 Å². The summed E-state index contributed by atoms with van der Waals surface area (Å²) in [6.45, 7) is -0.907. The smallest absolute Gasteiger partial charge is 0.418 e. The van der Waals surface area contributed by atoms with E-state index in [-0.39, 0.29) is 42.6 Å². The van der Waals surface area contributed by atoms with Crippen LogP contribution in [0.4, 0.5) is 37.2 Å². The maximum absolute atomic E-state index is 14.9. The number of hydrogen-bond donors (Lipinski definition) is 2. The molecule has 42 heavy (non-hydrogen) atoms. The standard InChI is InChI=1S/C27H24F5N5O5/c1-15(27(30,31)32)36(13-16-3-5-18(28)6-4-16)22(38)14-37-23(39)26(42-25(37)41)8-7-17-11-21(20(29)12-19(17)26)35-24(40)34-10-2-9-33/h3-6,11-12,15H,2,7-8,10,13-14H2,1H3,(H2,34,35,40)/t15-,26?/m0/s1. The first kappa shape index (κ1) is 30.2. The van der Waals surface area contributed by atoms with Gasteiger partial charge < -0.3 is 20.3 Å². The fourth-order valence-corrected chi connectivity index (χ4v) is 4.78. The Bertz CT molecular complexity index is 1460. The van der Waals surface area contributed by atoms with Gasteiger partial charge in [-0.2, -0.15) is 18.4 Å². The molecular weight excluding hydrogens is 569 g/mol. The molecule has 0 saturated carbocycles. The van der Waals surface area contributed by atoms with Crippen LogP contribution in [0.1, 0.15) is 36.5 Å². The second-order valence-electron chi connectivity index (χ2n) is 9.73. The Morgan fingerprint density at radius 2 is 1.88 bits per heavy atom. The number of rotatable bonds is 8. The van der Waals surface area contributed by atoms with Crippen LogP contribution in [0.25, 0.3) is 0 Å². The van der Waals surface area contributed by atoms with E-state index in [4.69, 9.17) is 10.00 Å². The summed E-state index contributed by atoms with van der Waals surface area (Å²) in [6, 6.07) is 5.34. The average Bonchev–Trinajstić information content (AvgIpc) is 3.39. The van der Waals surface area contributed by atoms with Gasteiger partial charge in [0.15, 0.2) is 0 Å². The minimum atomic E-state index is -4.85. The number of aryl methyl sites for hydroxylation is 1. The number of benzene rings is 2. The SMILES string of the molecule is C[C@H](N(Cc1ccc(F)cc1)C(=O)CN1C(=O)OC2(CCc3cc(NC(=O)NCCC#N)c(F)cc32)C1=O)C(F)(F)F. The molecular formula is C27H24F5N5O5. The van der Waals surface area contributed by atoms with E-state index in [1.54, 1.807) is 0 Å². The highest BCUT2D eigenvalue weighted by Crippen LogP contribution is 2.46. The number of alkyl halides is 3. The molecule has 1 fully saturated rings. The van der Waals surface area contributed by atoms with E-state index >= 15 is 0 Å². The van der Waals surface area contributed by atoms with Crippen LogP contribution < -0.4 is 10.6 Å². The number of amides is 5. The summed E-state index contributed by atoms with van der Waals surface area (Å²) in [5, 5.41) is 13.2. The lowest BCUT2D eigenvalue weighted by Crippen LogP contribution is -2.51. The summed E-state index contributed by atoms with van der Waals surface area (Å²) in [7, 11) is 0. The van der Waals surface area contributed by atoms with Gasteiger partial charge in [-0.1, -0.05) is 12.1 Å². The maximum Gasteiger partial charge on any atom is 0.418 e. The molecule has 2 atom stereocenters. The third-order valence-electron chi connectivity index (χ3n) is 7.04. The number of nitrogens with zero attached hydrogens (tertiary/aromatic N) is 3. The first-order valence-corrected chi connectivity index (χ1v) is 12.7. The van der Waals surface area contributed by atoms with E-state index in [0.717, 1.165) is 25.1 Å². The molecule has 0 bridgehead atoms. The van der Waals surface area contributed by atoms with Crippen molar-refractivity contribution < 1.29 is 45.9 Å². The number of carbonyl (C=O) groups is 4. The van der Waals surface area contributed by atoms with E-state index in [0.29, 0.717) is 15.4 Å². The number of urea groups is 1. The summed E-state index contributed by atoms with van der Waals surface area (Å²) in [4.78, 5) is 52.1. The topological polar surface area (TPSA) is 132 Å². The van der Waals surface area contributed by atoms with Crippen molar-refractivity contribution in [1.82, 2.24) is 15.1 Å². The number of fused-ring (bicyclic) bond motifs is 2. The number of halogens is 5. The number of nitriles is 1. The second-order valence-corrected chi connectivity index (χ2v) is 9.73. The van der Waals surface area contributed by atoms with Crippen molar-refractivity contribution in [2.45, 2.75) is 50.6 Å². The normalized spacial score (nSPS) is 18.4. The molecule has 2 N–H and O–H groups in total. The van der Waals surface area contributed by atoms with Crippen LogP contribution >= 0.6 is 0 Å². The first-order valence-electron chi connectivity index (χ1n) is 12.7. The summed E-state index contributed by atoms with van der Waals surface area (Å²) < 4.78 is 74.4. The van der Waals surface area contributed by atoms with E-state index in [1.165, 1.54) is 18.2 Å². The minimum Gasteiger partial charge on any atom is -0.427 e. The van der Waals surface area contributed by atoms with Crippen molar-refractivity contribution >= 4 is 29.6 Å². The predicted octanol–water partition coefficient (Wildman–Crippen LogP) is 4.10. The molecule has 15 heteroatoms. The molecule has 222 valence electrons. The van der Waals surface area contributed by atoms with Gasteiger partial charge in [0, 0.05) is 25.1 Å². The van der Waals surface area contributed by atoms with Gasteiger partial charge in [0.05, 0.1) is 18.2 Å². The largest absolute Gasteiger partial charge is 0.427 e. The van der Waals surface area contributed by atoms with E-state index in [9.17, 15) is 41.1 Å². The number of carbonyl (C=O) groups excluding carboxylic acids is 4. The van der Waals surface area contributed by atoms with Crippen molar-refractivity contribution in [2.75, 3.05) is 18.4 Å².